The molecule has 2 heterocycles. The van der Waals surface area contributed by atoms with Crippen molar-refractivity contribution in [1.29, 1.82) is 0 Å². The first kappa shape index (κ1) is 17.2. The van der Waals surface area contributed by atoms with E-state index < -0.39 is 0 Å². The molecule has 0 bridgehead atoms. The molecule has 3 rings (SSSR count). The Morgan fingerprint density at radius 2 is 2.00 bits per heavy atom. The van der Waals surface area contributed by atoms with Crippen LogP contribution in [-0.2, 0) is 0 Å². The molecule has 2 N–H and O–H groups in total. The lowest BCUT2D eigenvalue weighted by molar-refractivity contribution is 0.0521. The molecule has 6 nitrogen and oxygen atoms in total. The van der Waals surface area contributed by atoms with Crippen LogP contribution in [0.4, 0.5) is 5.69 Å². The summed E-state index contributed by atoms with van der Waals surface area (Å²) in [6.45, 7) is 3.07. The van der Waals surface area contributed by atoms with Crippen molar-refractivity contribution in [2.75, 3.05) is 18.4 Å². The van der Waals surface area contributed by atoms with E-state index in [0.29, 0.717) is 24.3 Å². The molecule has 1 saturated heterocycles. The van der Waals surface area contributed by atoms with E-state index in [4.69, 9.17) is 4.42 Å². The number of amides is 2. The summed E-state index contributed by atoms with van der Waals surface area (Å²) in [6.07, 6.45) is 2.71. The second-order valence-corrected chi connectivity index (χ2v) is 6.38. The molecule has 0 spiro atoms. The van der Waals surface area contributed by atoms with Gasteiger partial charge in [0.05, 0.1) is 12.4 Å². The lowest BCUT2D eigenvalue weighted by Crippen LogP contribution is -2.40. The number of hydrogen-bond acceptors (Lipinski definition) is 4. The van der Waals surface area contributed by atoms with E-state index in [9.17, 15) is 14.7 Å². The smallest absolute Gasteiger partial charge is 0.291 e. The fourth-order valence-corrected chi connectivity index (χ4v) is 3.10. The molecule has 1 aromatic heterocycles. The van der Waals surface area contributed by atoms with Gasteiger partial charge in [0.2, 0.25) is 0 Å². The third kappa shape index (κ3) is 4.09. The molecular formula is C19H22N2O4. The predicted molar refractivity (Wildman–Crippen MR) is 93.4 cm³/mol. The van der Waals surface area contributed by atoms with Gasteiger partial charge in [-0.25, -0.2) is 0 Å². The van der Waals surface area contributed by atoms with Gasteiger partial charge >= 0.3 is 0 Å². The maximum atomic E-state index is 12.7. The van der Waals surface area contributed by atoms with Crippen LogP contribution in [0, 0.1) is 5.92 Å². The highest BCUT2D eigenvalue weighted by molar-refractivity contribution is 6.03. The highest BCUT2D eigenvalue weighted by Crippen LogP contribution is 2.22. The van der Waals surface area contributed by atoms with Gasteiger partial charge in [0.15, 0.2) is 5.76 Å². The Kier molecular flexibility index (Phi) is 5.19. The molecule has 132 valence electrons. The summed E-state index contributed by atoms with van der Waals surface area (Å²) < 4.78 is 5.06. The van der Waals surface area contributed by atoms with Crippen LogP contribution in [-0.4, -0.2) is 41.0 Å². The van der Waals surface area contributed by atoms with E-state index in [1.807, 2.05) is 0 Å². The number of carbonyl (C=O) groups is 2. The maximum Gasteiger partial charge on any atom is 0.291 e. The molecule has 1 fully saturated rings. The molecule has 2 amide bonds. The first-order valence-corrected chi connectivity index (χ1v) is 8.47. The summed E-state index contributed by atoms with van der Waals surface area (Å²) >= 11 is 0. The second kappa shape index (κ2) is 7.53. The average molecular weight is 342 g/mol. The van der Waals surface area contributed by atoms with Crippen LogP contribution in [0.1, 0.15) is 40.7 Å². The highest BCUT2D eigenvalue weighted by atomic mass is 16.3. The minimum Gasteiger partial charge on any atom is -0.459 e. The lowest BCUT2D eigenvalue weighted by atomic mass is 9.92. The van der Waals surface area contributed by atoms with Gasteiger partial charge in [-0.2, -0.15) is 0 Å². The number of hydrogen-bond donors (Lipinski definition) is 2. The number of carbonyl (C=O) groups excluding carboxylic acids is 2. The Bertz CT molecular complexity index is 732. The summed E-state index contributed by atoms with van der Waals surface area (Å²) in [5.41, 5.74) is 1.08. The molecule has 2 aromatic rings. The minimum absolute atomic E-state index is 0.0573. The number of aliphatic hydroxyl groups is 1. The summed E-state index contributed by atoms with van der Waals surface area (Å²) in [4.78, 5) is 26.5. The van der Waals surface area contributed by atoms with Crippen molar-refractivity contribution in [3.63, 3.8) is 0 Å². The quantitative estimate of drug-likeness (QED) is 0.895. The van der Waals surface area contributed by atoms with Crippen LogP contribution in [0.5, 0.6) is 0 Å². The molecule has 1 aromatic carbocycles. The van der Waals surface area contributed by atoms with Gasteiger partial charge in [-0.15, -0.1) is 0 Å². The summed E-state index contributed by atoms with van der Waals surface area (Å²) in [6, 6.07) is 10.1. The van der Waals surface area contributed by atoms with Crippen LogP contribution >= 0.6 is 0 Å². The standard InChI is InChI=1S/C19H22N2O4/c1-13(22)14-7-9-21(10-8-14)19(24)15-4-2-5-16(12-15)20-18(23)17-6-3-11-25-17/h2-6,11-14,22H,7-10H2,1H3,(H,20,23). The number of rotatable bonds is 4. The van der Waals surface area contributed by atoms with Crippen molar-refractivity contribution in [2.24, 2.45) is 5.92 Å². The van der Waals surface area contributed by atoms with Gasteiger partial charge < -0.3 is 19.7 Å². The molecule has 25 heavy (non-hydrogen) atoms. The fraction of sp³-hybridized carbons (Fsp3) is 0.368. The highest BCUT2D eigenvalue weighted by Gasteiger charge is 2.26. The Balaban J connectivity index is 1.65. The van der Waals surface area contributed by atoms with Crippen molar-refractivity contribution in [1.82, 2.24) is 4.90 Å². The van der Waals surface area contributed by atoms with E-state index in [-0.39, 0.29) is 29.6 Å². The third-order valence-electron chi connectivity index (χ3n) is 4.62. The van der Waals surface area contributed by atoms with E-state index in [0.717, 1.165) is 12.8 Å². The average Bonchev–Trinajstić information content (AvgIpc) is 3.16. The summed E-state index contributed by atoms with van der Waals surface area (Å²) in [5.74, 6) is 0.0605. The van der Waals surface area contributed by atoms with Gasteiger partial charge in [0.25, 0.3) is 11.8 Å². The largest absolute Gasteiger partial charge is 0.459 e. The molecule has 0 radical (unpaired) electrons. The third-order valence-corrected chi connectivity index (χ3v) is 4.62. The van der Waals surface area contributed by atoms with Crippen LogP contribution in [0.3, 0.4) is 0 Å². The Hall–Kier alpha value is -2.60. The fourth-order valence-electron chi connectivity index (χ4n) is 3.10. The maximum absolute atomic E-state index is 12.7. The van der Waals surface area contributed by atoms with Crippen LogP contribution in [0.2, 0.25) is 0 Å². The van der Waals surface area contributed by atoms with Gasteiger partial charge in [-0.3, -0.25) is 9.59 Å². The molecule has 1 unspecified atom stereocenters. The predicted octanol–water partition coefficient (Wildman–Crippen LogP) is 2.76. The first-order valence-electron chi connectivity index (χ1n) is 8.47. The van der Waals surface area contributed by atoms with Crippen LogP contribution < -0.4 is 5.32 Å². The number of piperidine rings is 1. The van der Waals surface area contributed by atoms with Crippen molar-refractivity contribution >= 4 is 17.5 Å². The van der Waals surface area contributed by atoms with Crippen molar-refractivity contribution in [2.45, 2.75) is 25.9 Å². The summed E-state index contributed by atoms with van der Waals surface area (Å²) in [7, 11) is 0. The van der Waals surface area contributed by atoms with Crippen LogP contribution in [0.15, 0.2) is 47.1 Å². The molecule has 0 saturated carbocycles. The Morgan fingerprint density at radius 1 is 1.24 bits per heavy atom. The lowest BCUT2D eigenvalue weighted by Gasteiger charge is -2.33. The SMILES string of the molecule is CC(O)C1CCN(C(=O)c2cccc(NC(=O)c3ccco3)c2)CC1. The number of likely N-dealkylation sites (tertiary alicyclic amines) is 1. The molecule has 1 aliphatic heterocycles. The topological polar surface area (TPSA) is 82.8 Å². The zero-order valence-corrected chi connectivity index (χ0v) is 14.1. The second-order valence-electron chi connectivity index (χ2n) is 6.38. The zero-order valence-electron chi connectivity index (χ0n) is 14.1. The number of nitrogens with one attached hydrogen (secondary N) is 1. The monoisotopic (exact) mass is 342 g/mol. The van der Waals surface area contributed by atoms with Crippen molar-refractivity contribution < 1.29 is 19.1 Å². The molecule has 6 heteroatoms. The number of furan rings is 1. The Labute approximate surface area is 146 Å². The number of anilines is 1. The van der Waals surface area contributed by atoms with E-state index in [1.54, 1.807) is 48.2 Å². The molecule has 1 aliphatic rings. The molecule has 1 atom stereocenters. The first-order chi connectivity index (χ1) is 12.0. The normalized spacial score (nSPS) is 16.5. The molecule has 0 aliphatic carbocycles. The van der Waals surface area contributed by atoms with Crippen molar-refractivity contribution in [3.8, 4) is 0 Å². The number of nitrogens with zero attached hydrogens (tertiary/aromatic N) is 1. The van der Waals surface area contributed by atoms with Crippen LogP contribution in [0.25, 0.3) is 0 Å². The zero-order chi connectivity index (χ0) is 17.8. The van der Waals surface area contributed by atoms with Crippen molar-refractivity contribution in [3.05, 3.63) is 54.0 Å². The van der Waals surface area contributed by atoms with E-state index in [2.05, 4.69) is 5.32 Å². The van der Waals surface area contributed by atoms with Gasteiger partial charge in [-0.05, 0) is 56.0 Å². The van der Waals surface area contributed by atoms with E-state index >= 15 is 0 Å². The van der Waals surface area contributed by atoms with Gasteiger partial charge in [-0.1, -0.05) is 6.07 Å². The van der Waals surface area contributed by atoms with Gasteiger partial charge in [0.1, 0.15) is 0 Å². The Morgan fingerprint density at radius 3 is 2.64 bits per heavy atom. The molecular weight excluding hydrogens is 320 g/mol. The minimum atomic E-state index is -0.354. The van der Waals surface area contributed by atoms with Gasteiger partial charge in [0, 0.05) is 24.3 Å². The number of aliphatic hydroxyl groups excluding tert-OH is 1. The van der Waals surface area contributed by atoms with E-state index in [1.165, 1.54) is 6.26 Å². The number of benzene rings is 1. The summed E-state index contributed by atoms with van der Waals surface area (Å²) in [5, 5.41) is 12.4.